The average Bonchev–Trinajstić information content (AvgIpc) is 2.03. The van der Waals surface area contributed by atoms with Crippen LogP contribution in [0.3, 0.4) is 0 Å². The molecule has 0 radical (unpaired) electrons. The number of fused-ring (bicyclic) bond motifs is 1. The summed E-state index contributed by atoms with van der Waals surface area (Å²) in [5, 5.41) is 9.28. The van der Waals surface area contributed by atoms with Gasteiger partial charge in [-0.25, -0.2) is 4.79 Å². The quantitative estimate of drug-likeness (QED) is 0.623. The third kappa shape index (κ3) is 1.22. The van der Waals surface area contributed by atoms with E-state index < -0.39 is 6.09 Å². The summed E-state index contributed by atoms with van der Waals surface area (Å²) in [6, 6.07) is 0. The van der Waals surface area contributed by atoms with Crippen LogP contribution in [-0.4, -0.2) is 28.2 Å². The van der Waals surface area contributed by atoms with Gasteiger partial charge in [0.05, 0.1) is 5.54 Å². The fraction of sp³-hybridized carbons (Fsp3) is 0.750. The van der Waals surface area contributed by atoms with Gasteiger partial charge in [0.25, 0.3) is 0 Å². The summed E-state index contributed by atoms with van der Waals surface area (Å²) in [6.45, 7) is 7.06. The highest BCUT2D eigenvalue weighted by atomic mass is 16.4. The molecule has 0 bridgehead atoms. The van der Waals surface area contributed by atoms with Gasteiger partial charge in [-0.2, -0.15) is 0 Å². The number of amides is 1. The van der Waals surface area contributed by atoms with E-state index in [9.17, 15) is 9.90 Å². The first-order valence-electron chi connectivity index (χ1n) is 5.59. The first-order chi connectivity index (χ1) is 6.89. The van der Waals surface area contributed by atoms with E-state index in [1.807, 2.05) is 0 Å². The summed E-state index contributed by atoms with van der Waals surface area (Å²) in [6.07, 6.45) is 5.58. The lowest BCUT2D eigenvalue weighted by Gasteiger charge is -2.60. The second-order valence-electron chi connectivity index (χ2n) is 5.62. The number of likely N-dealkylation sites (tertiary alicyclic amines) is 1. The van der Waals surface area contributed by atoms with Gasteiger partial charge in [0.2, 0.25) is 0 Å². The molecule has 84 valence electrons. The molecule has 1 fully saturated rings. The van der Waals surface area contributed by atoms with E-state index in [0.29, 0.717) is 12.5 Å². The van der Waals surface area contributed by atoms with Crippen molar-refractivity contribution in [2.75, 3.05) is 6.54 Å². The van der Waals surface area contributed by atoms with Crippen molar-refractivity contribution in [1.29, 1.82) is 0 Å². The van der Waals surface area contributed by atoms with Gasteiger partial charge in [0.1, 0.15) is 0 Å². The lowest BCUT2D eigenvalue weighted by atomic mass is 9.56. The molecule has 2 atom stereocenters. The molecule has 1 heterocycles. The highest BCUT2D eigenvalue weighted by Gasteiger charge is 2.57. The van der Waals surface area contributed by atoms with Gasteiger partial charge in [0.15, 0.2) is 0 Å². The Morgan fingerprint density at radius 1 is 1.53 bits per heavy atom. The summed E-state index contributed by atoms with van der Waals surface area (Å²) in [7, 11) is 0. The zero-order valence-corrected chi connectivity index (χ0v) is 9.66. The summed E-state index contributed by atoms with van der Waals surface area (Å²) in [5.41, 5.74) is -0.275. The zero-order chi connectivity index (χ0) is 11.3. The Bertz CT molecular complexity index is 316. The van der Waals surface area contributed by atoms with Gasteiger partial charge in [-0.1, -0.05) is 32.9 Å². The van der Waals surface area contributed by atoms with Crippen molar-refractivity contribution in [3.05, 3.63) is 12.2 Å². The first-order valence-corrected chi connectivity index (χ1v) is 5.59. The fourth-order valence-corrected chi connectivity index (χ4v) is 3.14. The minimum atomic E-state index is -0.779. The fourth-order valence-electron chi connectivity index (χ4n) is 3.14. The SMILES string of the molecule is CC(C)(C)[C@@]12C=C[C@H]1CCCN2C(=O)O. The molecule has 1 amide bonds. The molecule has 1 aliphatic carbocycles. The maximum atomic E-state index is 11.3. The van der Waals surface area contributed by atoms with Crippen LogP contribution in [0.2, 0.25) is 0 Å². The molecule has 2 aliphatic rings. The molecule has 1 aliphatic heterocycles. The number of hydrogen-bond acceptors (Lipinski definition) is 1. The van der Waals surface area contributed by atoms with E-state index in [0.717, 1.165) is 12.8 Å². The molecular formula is C12H19NO2. The standard InChI is InChI=1S/C12H19NO2/c1-11(2,3)12-7-6-9(12)5-4-8-13(12)10(14)15/h6-7,9H,4-5,8H2,1-3H3,(H,14,15)/t9-,12-/m1/s1. The van der Waals surface area contributed by atoms with Crippen LogP contribution < -0.4 is 0 Å². The molecule has 0 spiro atoms. The van der Waals surface area contributed by atoms with Gasteiger partial charge in [0, 0.05) is 12.5 Å². The molecule has 0 aromatic rings. The van der Waals surface area contributed by atoms with Crippen LogP contribution in [0.1, 0.15) is 33.6 Å². The minimum Gasteiger partial charge on any atom is -0.465 e. The molecule has 2 rings (SSSR count). The zero-order valence-electron chi connectivity index (χ0n) is 9.66. The number of nitrogens with zero attached hydrogens (tertiary/aromatic N) is 1. The average molecular weight is 209 g/mol. The van der Waals surface area contributed by atoms with Crippen LogP contribution >= 0.6 is 0 Å². The predicted molar refractivity (Wildman–Crippen MR) is 58.8 cm³/mol. The predicted octanol–water partition coefficient (Wildman–Crippen LogP) is 2.73. The monoisotopic (exact) mass is 209 g/mol. The van der Waals surface area contributed by atoms with E-state index in [2.05, 4.69) is 32.9 Å². The van der Waals surface area contributed by atoms with E-state index >= 15 is 0 Å². The summed E-state index contributed by atoms with van der Waals surface area (Å²) < 4.78 is 0. The van der Waals surface area contributed by atoms with Crippen LogP contribution in [-0.2, 0) is 0 Å². The Balaban J connectivity index is 2.40. The molecule has 0 saturated carbocycles. The van der Waals surface area contributed by atoms with Crippen LogP contribution in [0.25, 0.3) is 0 Å². The molecule has 0 aromatic heterocycles. The Morgan fingerprint density at radius 2 is 2.20 bits per heavy atom. The highest BCUT2D eigenvalue weighted by molar-refractivity contribution is 5.68. The maximum Gasteiger partial charge on any atom is 0.408 e. The molecule has 1 saturated heterocycles. The summed E-state index contributed by atoms with van der Waals surface area (Å²) >= 11 is 0. The van der Waals surface area contributed by atoms with Crippen LogP contribution in [0, 0.1) is 11.3 Å². The van der Waals surface area contributed by atoms with Gasteiger partial charge >= 0.3 is 6.09 Å². The Morgan fingerprint density at radius 3 is 2.53 bits per heavy atom. The smallest absolute Gasteiger partial charge is 0.408 e. The van der Waals surface area contributed by atoms with Crippen molar-refractivity contribution in [1.82, 2.24) is 4.90 Å². The Labute approximate surface area is 90.8 Å². The van der Waals surface area contributed by atoms with E-state index in [4.69, 9.17) is 0 Å². The van der Waals surface area contributed by atoms with Crippen molar-refractivity contribution in [3.8, 4) is 0 Å². The number of hydrogen-bond donors (Lipinski definition) is 1. The largest absolute Gasteiger partial charge is 0.465 e. The molecule has 0 aromatic carbocycles. The van der Waals surface area contributed by atoms with E-state index in [-0.39, 0.29) is 11.0 Å². The lowest BCUT2D eigenvalue weighted by Crippen LogP contribution is -2.67. The Hall–Kier alpha value is -0.990. The molecule has 3 heteroatoms. The number of rotatable bonds is 0. The third-order valence-electron chi connectivity index (χ3n) is 3.92. The highest BCUT2D eigenvalue weighted by Crippen LogP contribution is 2.52. The van der Waals surface area contributed by atoms with Crippen LogP contribution in [0.4, 0.5) is 4.79 Å². The number of carboxylic acid groups (broad SMARTS) is 1. The van der Waals surface area contributed by atoms with Crippen molar-refractivity contribution in [2.45, 2.75) is 39.2 Å². The molecule has 15 heavy (non-hydrogen) atoms. The first kappa shape index (κ1) is 10.5. The second kappa shape index (κ2) is 3.00. The van der Waals surface area contributed by atoms with E-state index in [1.165, 1.54) is 0 Å². The minimum absolute atomic E-state index is 0.0226. The normalized spacial score (nSPS) is 34.6. The number of carbonyl (C=O) groups is 1. The van der Waals surface area contributed by atoms with Gasteiger partial charge in [-0.15, -0.1) is 0 Å². The van der Waals surface area contributed by atoms with Crippen molar-refractivity contribution < 1.29 is 9.90 Å². The lowest BCUT2D eigenvalue weighted by molar-refractivity contribution is -0.0329. The molecule has 3 nitrogen and oxygen atoms in total. The summed E-state index contributed by atoms with van der Waals surface area (Å²) in [5.74, 6) is 0.419. The molecule has 0 unspecified atom stereocenters. The number of piperidine rings is 1. The van der Waals surface area contributed by atoms with Crippen molar-refractivity contribution >= 4 is 6.09 Å². The Kier molecular flexibility index (Phi) is 2.11. The topological polar surface area (TPSA) is 40.5 Å². The van der Waals surface area contributed by atoms with Crippen LogP contribution in [0.15, 0.2) is 12.2 Å². The second-order valence-corrected chi connectivity index (χ2v) is 5.62. The molecular weight excluding hydrogens is 190 g/mol. The van der Waals surface area contributed by atoms with Gasteiger partial charge in [-0.05, 0) is 18.3 Å². The van der Waals surface area contributed by atoms with Crippen molar-refractivity contribution in [3.63, 3.8) is 0 Å². The molecule has 1 N–H and O–H groups in total. The van der Waals surface area contributed by atoms with Crippen LogP contribution in [0.5, 0.6) is 0 Å². The van der Waals surface area contributed by atoms with E-state index in [1.54, 1.807) is 4.90 Å². The third-order valence-corrected chi connectivity index (χ3v) is 3.92. The summed E-state index contributed by atoms with van der Waals surface area (Å²) in [4.78, 5) is 12.9. The van der Waals surface area contributed by atoms with Gasteiger partial charge in [-0.3, -0.25) is 4.90 Å². The van der Waals surface area contributed by atoms with Gasteiger partial charge < -0.3 is 5.11 Å². The maximum absolute atomic E-state index is 11.3. The van der Waals surface area contributed by atoms with Crippen molar-refractivity contribution in [2.24, 2.45) is 11.3 Å².